The van der Waals surface area contributed by atoms with Crippen molar-refractivity contribution < 1.29 is 27.4 Å². The van der Waals surface area contributed by atoms with Gasteiger partial charge in [-0.15, -0.1) is 0 Å². The van der Waals surface area contributed by atoms with E-state index in [-0.39, 0.29) is 44.2 Å². The molecular weight excluding hydrogens is 553 g/mol. The van der Waals surface area contributed by atoms with Gasteiger partial charge in [-0.05, 0) is 41.8 Å². The van der Waals surface area contributed by atoms with Crippen molar-refractivity contribution in [2.45, 2.75) is 17.2 Å². The van der Waals surface area contributed by atoms with E-state index in [1.165, 1.54) is 32.4 Å². The van der Waals surface area contributed by atoms with Gasteiger partial charge < -0.3 is 25.7 Å². The zero-order valence-electron chi connectivity index (χ0n) is 20.7. The first kappa shape index (κ1) is 28.0. The third-order valence-electron chi connectivity index (χ3n) is 6.24. The number of carbonyl (C=O) groups is 1. The summed E-state index contributed by atoms with van der Waals surface area (Å²) in [7, 11) is -1.60. The highest BCUT2D eigenvalue weighted by Gasteiger charge is 2.47. The van der Waals surface area contributed by atoms with Crippen LogP contribution in [0.3, 0.4) is 0 Å². The number of nitrogens with zero attached hydrogens (tertiary/aromatic N) is 1. The Bertz CT molecular complexity index is 1480. The van der Waals surface area contributed by atoms with Gasteiger partial charge in [0, 0.05) is 23.2 Å². The summed E-state index contributed by atoms with van der Waals surface area (Å²) in [4.78, 5) is 13.8. The van der Waals surface area contributed by atoms with Crippen LogP contribution in [0.2, 0.25) is 10.0 Å². The zero-order chi connectivity index (χ0) is 27.6. The molecule has 1 amide bonds. The van der Waals surface area contributed by atoms with Crippen molar-refractivity contribution in [2.24, 2.45) is 5.73 Å². The van der Waals surface area contributed by atoms with E-state index >= 15 is 0 Å². The summed E-state index contributed by atoms with van der Waals surface area (Å²) in [5.74, 6) is -1.29. The topological polar surface area (TPSA) is 134 Å². The number of anilines is 2. The van der Waals surface area contributed by atoms with Crippen molar-refractivity contribution in [3.05, 3.63) is 75.3 Å². The van der Waals surface area contributed by atoms with Crippen LogP contribution in [0.15, 0.2) is 53.4 Å². The Morgan fingerprint density at radius 3 is 2.37 bits per heavy atom. The van der Waals surface area contributed by atoms with Gasteiger partial charge in [0.15, 0.2) is 11.5 Å². The second-order valence-corrected chi connectivity index (χ2v) is 11.0. The van der Waals surface area contributed by atoms with E-state index in [1.807, 2.05) is 0 Å². The van der Waals surface area contributed by atoms with Crippen molar-refractivity contribution in [2.75, 3.05) is 44.0 Å². The number of hydrogen-bond donors (Lipinski definition) is 2. The van der Waals surface area contributed by atoms with Gasteiger partial charge in [0.05, 0.1) is 54.6 Å². The van der Waals surface area contributed by atoms with Crippen LogP contribution in [0.5, 0.6) is 11.5 Å². The second kappa shape index (κ2) is 11.4. The number of amides is 1. The lowest BCUT2D eigenvalue weighted by Gasteiger charge is -2.20. The molecule has 0 saturated heterocycles. The Balaban J connectivity index is 1.92. The summed E-state index contributed by atoms with van der Waals surface area (Å²) in [5.41, 5.74) is 13.4. The fourth-order valence-corrected chi connectivity index (χ4v) is 6.40. The maximum atomic E-state index is 14.0. The van der Waals surface area contributed by atoms with Crippen LogP contribution < -0.4 is 25.2 Å². The molecule has 0 aliphatic carbocycles. The molecule has 1 atom stereocenters. The van der Waals surface area contributed by atoms with E-state index in [4.69, 9.17) is 48.9 Å². The van der Waals surface area contributed by atoms with Gasteiger partial charge in [-0.1, -0.05) is 41.4 Å². The molecule has 202 valence electrons. The Kier molecular flexibility index (Phi) is 8.39. The van der Waals surface area contributed by atoms with E-state index < -0.39 is 21.8 Å². The molecule has 3 aromatic rings. The standard InChI is InChI=1S/C26H27Cl2N3O6S/c1-35-20-8-7-16(14-21(20)36-2)38(33,34)31-19-13-15(9-11-37-12-10-29)24(28)25(30)23(19)22(26(31)32)17-5-3-4-6-18(17)27/h3-8,13-14,22H,9-12,29-30H2,1-2H3. The monoisotopic (exact) mass is 579 g/mol. The zero-order valence-corrected chi connectivity index (χ0v) is 23.1. The molecule has 0 saturated carbocycles. The fraction of sp³-hybridized carbons (Fsp3) is 0.269. The van der Waals surface area contributed by atoms with Crippen LogP contribution in [0.4, 0.5) is 11.4 Å². The minimum atomic E-state index is -4.43. The van der Waals surface area contributed by atoms with Gasteiger partial charge in [0.2, 0.25) is 0 Å². The van der Waals surface area contributed by atoms with Gasteiger partial charge in [0.25, 0.3) is 15.9 Å². The van der Waals surface area contributed by atoms with E-state index in [1.54, 1.807) is 30.3 Å². The number of benzene rings is 3. The summed E-state index contributed by atoms with van der Waals surface area (Å²) >= 11 is 13.1. The van der Waals surface area contributed by atoms with Gasteiger partial charge in [-0.2, -0.15) is 0 Å². The molecule has 0 radical (unpaired) electrons. The second-order valence-electron chi connectivity index (χ2n) is 8.43. The maximum absolute atomic E-state index is 14.0. The largest absolute Gasteiger partial charge is 0.493 e. The minimum Gasteiger partial charge on any atom is -0.493 e. The first-order valence-corrected chi connectivity index (χ1v) is 13.8. The number of rotatable bonds is 10. The van der Waals surface area contributed by atoms with E-state index in [9.17, 15) is 13.2 Å². The summed E-state index contributed by atoms with van der Waals surface area (Å²) in [6.07, 6.45) is 0.325. The molecule has 0 aromatic heterocycles. The van der Waals surface area contributed by atoms with Crippen molar-refractivity contribution in [1.82, 2.24) is 0 Å². The minimum absolute atomic E-state index is 0.0984. The highest BCUT2D eigenvalue weighted by molar-refractivity contribution is 7.93. The molecular formula is C26H27Cl2N3O6S. The van der Waals surface area contributed by atoms with E-state index in [2.05, 4.69) is 0 Å². The number of nitrogens with two attached hydrogens (primary N) is 2. The van der Waals surface area contributed by atoms with Crippen LogP contribution in [0.1, 0.15) is 22.6 Å². The molecule has 4 rings (SSSR count). The summed E-state index contributed by atoms with van der Waals surface area (Å²) in [6, 6.07) is 12.4. The third-order valence-corrected chi connectivity index (χ3v) is 8.73. The van der Waals surface area contributed by atoms with Crippen molar-refractivity contribution in [3.8, 4) is 11.5 Å². The van der Waals surface area contributed by atoms with Gasteiger partial charge in [0.1, 0.15) is 0 Å². The molecule has 1 aliphatic rings. The molecule has 3 aromatic carbocycles. The quantitative estimate of drug-likeness (QED) is 0.272. The predicted octanol–water partition coefficient (Wildman–Crippen LogP) is 3.98. The molecule has 9 nitrogen and oxygen atoms in total. The summed E-state index contributed by atoms with van der Waals surface area (Å²) in [6.45, 7) is 0.982. The molecule has 0 bridgehead atoms. The molecule has 1 heterocycles. The van der Waals surface area contributed by atoms with Crippen LogP contribution in [0.25, 0.3) is 0 Å². The molecule has 0 fully saturated rings. The molecule has 4 N–H and O–H groups in total. The predicted molar refractivity (Wildman–Crippen MR) is 147 cm³/mol. The SMILES string of the molecule is COc1ccc(S(=O)(=O)N2C(=O)C(c3ccccc3Cl)c3c2cc(CCOCCN)c(Cl)c3N)cc1OC. The molecule has 0 spiro atoms. The van der Waals surface area contributed by atoms with Crippen LogP contribution in [-0.4, -0.2) is 48.3 Å². The third kappa shape index (κ3) is 4.90. The highest BCUT2D eigenvalue weighted by atomic mass is 35.5. The average molecular weight is 580 g/mol. The number of nitrogen functional groups attached to an aromatic ring is 1. The number of methoxy groups -OCH3 is 2. The Morgan fingerprint density at radius 2 is 1.71 bits per heavy atom. The molecule has 12 heteroatoms. The van der Waals surface area contributed by atoms with Gasteiger partial charge in [-0.25, -0.2) is 12.7 Å². The molecule has 1 aliphatic heterocycles. The number of fused-ring (bicyclic) bond motifs is 1. The fourth-order valence-electron chi connectivity index (χ4n) is 4.44. The number of ether oxygens (including phenoxy) is 3. The van der Waals surface area contributed by atoms with Gasteiger partial charge >= 0.3 is 0 Å². The van der Waals surface area contributed by atoms with Crippen LogP contribution in [-0.2, 0) is 26.0 Å². The van der Waals surface area contributed by atoms with Crippen LogP contribution in [0, 0.1) is 0 Å². The van der Waals surface area contributed by atoms with Crippen molar-refractivity contribution in [3.63, 3.8) is 0 Å². The normalized spacial score (nSPS) is 15.0. The molecule has 1 unspecified atom stereocenters. The van der Waals surface area contributed by atoms with Gasteiger partial charge in [-0.3, -0.25) is 4.79 Å². The van der Waals surface area contributed by atoms with Crippen molar-refractivity contribution in [1.29, 1.82) is 0 Å². The number of hydrogen-bond acceptors (Lipinski definition) is 8. The smallest absolute Gasteiger partial charge is 0.271 e. The Hall–Kier alpha value is -3.02. The first-order valence-electron chi connectivity index (χ1n) is 11.6. The summed E-state index contributed by atoms with van der Waals surface area (Å²) in [5, 5.41) is 0.507. The lowest BCUT2D eigenvalue weighted by molar-refractivity contribution is -0.117. The molecule has 38 heavy (non-hydrogen) atoms. The van der Waals surface area contributed by atoms with E-state index in [0.29, 0.717) is 36.4 Å². The lowest BCUT2D eigenvalue weighted by Crippen LogP contribution is -2.35. The Labute approximate surface area is 231 Å². The van der Waals surface area contributed by atoms with Crippen molar-refractivity contribution >= 4 is 50.5 Å². The average Bonchev–Trinajstić information content (AvgIpc) is 3.21. The number of sulfonamides is 1. The number of halogens is 2. The summed E-state index contributed by atoms with van der Waals surface area (Å²) < 4.78 is 44.8. The Morgan fingerprint density at radius 1 is 1.00 bits per heavy atom. The van der Waals surface area contributed by atoms with Crippen LogP contribution >= 0.6 is 23.2 Å². The van der Waals surface area contributed by atoms with E-state index in [0.717, 1.165) is 4.31 Å². The highest BCUT2D eigenvalue weighted by Crippen LogP contribution is 2.51. The maximum Gasteiger partial charge on any atom is 0.271 e. The number of carbonyl (C=O) groups excluding carboxylic acids is 1. The first-order chi connectivity index (χ1) is 18.2. The lowest BCUT2D eigenvalue weighted by atomic mass is 9.90.